The van der Waals surface area contributed by atoms with Crippen molar-refractivity contribution < 1.29 is 31.9 Å². The second kappa shape index (κ2) is 12.6. The Labute approximate surface area is 253 Å². The highest BCUT2D eigenvalue weighted by atomic mass is 19.4. The number of nitrogens with zero attached hydrogens (tertiary/aromatic N) is 5. The van der Waals surface area contributed by atoms with Gasteiger partial charge in [0.05, 0.1) is 30.3 Å². The predicted octanol–water partition coefficient (Wildman–Crippen LogP) is 3.70. The van der Waals surface area contributed by atoms with E-state index in [1.807, 2.05) is 36.8 Å². The molecule has 2 aromatic rings. The van der Waals surface area contributed by atoms with Crippen molar-refractivity contribution in [2.75, 3.05) is 62.0 Å². The number of methoxy groups -OCH3 is 1. The summed E-state index contributed by atoms with van der Waals surface area (Å²) in [5, 5.41) is 5.10. The number of hydrogen-bond acceptors (Lipinski definition) is 8. The Morgan fingerprint density at radius 3 is 2.52 bits per heavy atom. The highest BCUT2D eigenvalue weighted by molar-refractivity contribution is 5.98. The number of benzene rings is 1. The molecule has 0 aliphatic carbocycles. The molecular weight excluding hydrogens is 582 g/mol. The summed E-state index contributed by atoms with van der Waals surface area (Å²) in [6.45, 7) is 5.61. The number of carbonyl (C=O) groups is 2. The van der Waals surface area contributed by atoms with Gasteiger partial charge in [0.25, 0.3) is 0 Å². The molecule has 14 heteroatoms. The number of aromatic nitrogens is 2. The van der Waals surface area contributed by atoms with Crippen LogP contribution in [0.15, 0.2) is 30.6 Å². The number of halogens is 4. The fourth-order valence-electron chi connectivity index (χ4n) is 6.15. The summed E-state index contributed by atoms with van der Waals surface area (Å²) < 4.78 is 62.9. The number of nitrogens with one attached hydrogen (secondary N) is 2. The van der Waals surface area contributed by atoms with E-state index in [1.54, 1.807) is 6.07 Å². The van der Waals surface area contributed by atoms with Crippen molar-refractivity contribution in [3.63, 3.8) is 0 Å². The fraction of sp³-hybridized carbons (Fsp3) is 0.533. The van der Waals surface area contributed by atoms with Crippen molar-refractivity contribution in [1.82, 2.24) is 20.2 Å². The summed E-state index contributed by atoms with van der Waals surface area (Å²) >= 11 is 0. The summed E-state index contributed by atoms with van der Waals surface area (Å²) in [6, 6.07) is 4.76. The molecule has 2 unspecified atom stereocenters. The first-order valence-electron chi connectivity index (χ1n) is 14.6. The first-order valence-corrected chi connectivity index (χ1v) is 14.6. The van der Waals surface area contributed by atoms with Crippen LogP contribution in [0, 0.1) is 17.7 Å². The van der Waals surface area contributed by atoms with E-state index in [1.165, 1.54) is 25.6 Å². The number of amides is 2. The lowest BCUT2D eigenvalue weighted by atomic mass is 9.84. The summed E-state index contributed by atoms with van der Waals surface area (Å²) in [6.07, 6.45) is -1.68. The normalized spacial score (nSPS) is 24.9. The number of carbonyl (C=O) groups excluding carboxylic acids is 2. The first kappa shape index (κ1) is 31.5. The Morgan fingerprint density at radius 1 is 1.11 bits per heavy atom. The van der Waals surface area contributed by atoms with Crippen molar-refractivity contribution in [2.24, 2.45) is 11.8 Å². The maximum absolute atomic E-state index is 16.0. The summed E-state index contributed by atoms with van der Waals surface area (Å²) in [4.78, 5) is 39.7. The number of piperazine rings is 1. The molecule has 44 heavy (non-hydrogen) atoms. The van der Waals surface area contributed by atoms with Crippen LogP contribution in [-0.2, 0) is 9.59 Å². The van der Waals surface area contributed by atoms with Crippen LogP contribution in [0.1, 0.15) is 32.3 Å². The second-order valence-corrected chi connectivity index (χ2v) is 11.7. The van der Waals surface area contributed by atoms with Crippen LogP contribution in [0.5, 0.6) is 5.88 Å². The van der Waals surface area contributed by atoms with E-state index < -0.39 is 48.6 Å². The lowest BCUT2D eigenvalue weighted by Crippen LogP contribution is -2.55. The van der Waals surface area contributed by atoms with Gasteiger partial charge >= 0.3 is 6.18 Å². The molecule has 4 heterocycles. The van der Waals surface area contributed by atoms with Crippen LogP contribution < -0.4 is 25.2 Å². The summed E-state index contributed by atoms with van der Waals surface area (Å²) in [7, 11) is 3.50. The summed E-state index contributed by atoms with van der Waals surface area (Å²) in [5.41, 5.74) is 1.49. The van der Waals surface area contributed by atoms with Gasteiger partial charge in [0.1, 0.15) is 18.0 Å². The molecule has 3 aliphatic heterocycles. The minimum Gasteiger partial charge on any atom is -0.481 e. The van der Waals surface area contributed by atoms with Gasteiger partial charge in [-0.05, 0) is 45.0 Å². The first-order chi connectivity index (χ1) is 20.8. The third kappa shape index (κ3) is 6.59. The molecule has 5 rings (SSSR count). The van der Waals surface area contributed by atoms with Gasteiger partial charge in [-0.1, -0.05) is 6.08 Å². The maximum Gasteiger partial charge on any atom is 0.393 e. The average molecular weight is 620 g/mol. The third-order valence-electron chi connectivity index (χ3n) is 8.87. The van der Waals surface area contributed by atoms with Crippen molar-refractivity contribution in [2.45, 2.75) is 44.9 Å². The van der Waals surface area contributed by atoms with Crippen LogP contribution in [0.2, 0.25) is 0 Å². The number of piperidine rings is 1. The Balaban J connectivity index is 1.50. The lowest BCUT2D eigenvalue weighted by Gasteiger charge is -2.44. The Kier molecular flexibility index (Phi) is 9.00. The number of ether oxygens (including phenoxy) is 1. The quantitative estimate of drug-likeness (QED) is 0.473. The van der Waals surface area contributed by atoms with Crippen molar-refractivity contribution in [1.29, 1.82) is 0 Å². The molecular formula is C30H37F4N7O3. The van der Waals surface area contributed by atoms with E-state index >= 15 is 4.39 Å². The van der Waals surface area contributed by atoms with E-state index in [9.17, 15) is 22.8 Å². The fourth-order valence-corrected chi connectivity index (χ4v) is 6.15. The highest BCUT2D eigenvalue weighted by Gasteiger charge is 2.50. The van der Waals surface area contributed by atoms with Gasteiger partial charge in [-0.15, -0.1) is 0 Å². The molecule has 2 N–H and O–H groups in total. The number of hydrogen-bond donors (Lipinski definition) is 2. The second-order valence-electron chi connectivity index (χ2n) is 11.7. The Bertz CT molecular complexity index is 1420. The minimum atomic E-state index is -4.74. The van der Waals surface area contributed by atoms with E-state index in [0.29, 0.717) is 55.6 Å². The van der Waals surface area contributed by atoms with Crippen LogP contribution in [-0.4, -0.2) is 91.8 Å². The zero-order valence-electron chi connectivity index (χ0n) is 25.1. The molecule has 4 atom stereocenters. The molecule has 0 radical (unpaired) electrons. The van der Waals surface area contributed by atoms with Gasteiger partial charge in [-0.3, -0.25) is 14.5 Å². The third-order valence-corrected chi connectivity index (χ3v) is 8.87. The maximum atomic E-state index is 16.0. The Morgan fingerprint density at radius 2 is 1.84 bits per heavy atom. The molecule has 238 valence electrons. The van der Waals surface area contributed by atoms with Crippen LogP contribution in [0.3, 0.4) is 0 Å². The SMILES string of the molecule is COc1cc(N2CCC=C(c3cc(NC(=O)C4CNC(=O)CC4C(F)(F)F)c(N4C[C@@H](C)N(C)[C@@H](C)C4)cc3F)C2)ncn1. The van der Waals surface area contributed by atoms with Gasteiger partial charge in [0.2, 0.25) is 17.7 Å². The number of likely N-dealkylation sites (N-methyl/N-ethyl adjacent to an activating group) is 1. The lowest BCUT2D eigenvalue weighted by molar-refractivity contribution is -0.197. The zero-order valence-corrected chi connectivity index (χ0v) is 25.1. The molecule has 0 bridgehead atoms. The molecule has 3 aliphatic rings. The molecule has 2 saturated heterocycles. The number of alkyl halides is 3. The van der Waals surface area contributed by atoms with Gasteiger partial charge < -0.3 is 25.2 Å². The van der Waals surface area contributed by atoms with Crippen LogP contribution >= 0.6 is 0 Å². The van der Waals surface area contributed by atoms with E-state index in [-0.39, 0.29) is 23.3 Å². The summed E-state index contributed by atoms with van der Waals surface area (Å²) in [5.74, 6) is -4.81. The standard InChI is InChI=1S/C30H37F4N7O3/c1-17-13-41(14-18(2)39(17)3)25-10-23(31)20(19-6-5-7-40(15-19)26-11-28(44-4)37-16-36-26)8-24(25)38-29(43)21-12-35-27(42)9-22(21)30(32,33)34/h6,8,10-11,16-18,21-22H,5,7,9,12-15H2,1-4H3,(H,35,42)(H,38,43)/t17-,18+,21?,22?. The molecule has 0 spiro atoms. The topological polar surface area (TPSA) is 103 Å². The van der Waals surface area contributed by atoms with Crippen molar-refractivity contribution >= 4 is 34.6 Å². The Hall–Kier alpha value is -3.94. The van der Waals surface area contributed by atoms with Gasteiger partial charge in [0.15, 0.2) is 0 Å². The van der Waals surface area contributed by atoms with Gasteiger partial charge in [-0.2, -0.15) is 13.2 Å². The van der Waals surface area contributed by atoms with E-state index in [2.05, 4.69) is 25.5 Å². The molecule has 2 fully saturated rings. The van der Waals surface area contributed by atoms with E-state index in [4.69, 9.17) is 4.74 Å². The average Bonchev–Trinajstić information content (AvgIpc) is 2.99. The largest absolute Gasteiger partial charge is 0.481 e. The van der Waals surface area contributed by atoms with Crippen molar-refractivity contribution in [3.05, 3.63) is 42.0 Å². The molecule has 0 saturated carbocycles. The number of rotatable bonds is 6. The molecule has 1 aromatic heterocycles. The molecule has 2 amide bonds. The molecule has 10 nitrogen and oxygen atoms in total. The predicted molar refractivity (Wildman–Crippen MR) is 158 cm³/mol. The van der Waals surface area contributed by atoms with Crippen LogP contribution in [0.4, 0.5) is 34.8 Å². The minimum absolute atomic E-state index is 0.104. The zero-order chi connectivity index (χ0) is 31.8. The molecule has 1 aromatic carbocycles. The highest BCUT2D eigenvalue weighted by Crippen LogP contribution is 2.39. The van der Waals surface area contributed by atoms with E-state index in [0.717, 1.165) is 0 Å². The van der Waals surface area contributed by atoms with Gasteiger partial charge in [0, 0.05) is 62.9 Å². The van der Waals surface area contributed by atoms with Crippen LogP contribution in [0.25, 0.3) is 5.57 Å². The monoisotopic (exact) mass is 619 g/mol. The smallest absolute Gasteiger partial charge is 0.393 e. The van der Waals surface area contributed by atoms with Gasteiger partial charge in [-0.25, -0.2) is 14.4 Å². The van der Waals surface area contributed by atoms with Crippen molar-refractivity contribution in [3.8, 4) is 5.88 Å². The number of anilines is 3.